The number of hydrogen-bond donors (Lipinski definition) is 0. The molecule has 0 bridgehead atoms. The zero-order valence-corrected chi connectivity index (χ0v) is 17.4. The molecule has 1 aromatic rings. The van der Waals surface area contributed by atoms with Crippen LogP contribution in [0.3, 0.4) is 0 Å². The molecule has 0 N–H and O–H groups in total. The Hall–Kier alpha value is -1.95. The minimum absolute atomic E-state index is 0.147. The molecule has 28 heavy (non-hydrogen) atoms. The molecule has 0 spiro atoms. The van der Waals surface area contributed by atoms with Crippen molar-refractivity contribution < 1.29 is 13.2 Å². The first-order valence-electron chi connectivity index (χ1n) is 9.88. The smallest absolute Gasteiger partial charge is 0.253 e. The summed E-state index contributed by atoms with van der Waals surface area (Å²) in [6, 6.07) is 8.56. The van der Waals surface area contributed by atoms with Gasteiger partial charge in [0.05, 0.1) is 11.0 Å². The van der Waals surface area contributed by atoms with E-state index in [9.17, 15) is 18.5 Å². The number of nitriles is 1. The van der Waals surface area contributed by atoms with Gasteiger partial charge in [0.25, 0.3) is 5.91 Å². The minimum Gasteiger partial charge on any atom is -0.336 e. The lowest BCUT2D eigenvalue weighted by Gasteiger charge is -2.38. The van der Waals surface area contributed by atoms with Crippen molar-refractivity contribution in [2.75, 3.05) is 39.3 Å². The molecule has 2 heterocycles. The van der Waals surface area contributed by atoms with Gasteiger partial charge in [-0.1, -0.05) is 19.9 Å². The maximum absolute atomic E-state index is 12.9. The van der Waals surface area contributed by atoms with Gasteiger partial charge in [-0.25, -0.2) is 8.42 Å². The van der Waals surface area contributed by atoms with Crippen molar-refractivity contribution in [2.24, 2.45) is 5.92 Å². The zero-order valence-electron chi connectivity index (χ0n) is 16.5. The van der Waals surface area contributed by atoms with Crippen LogP contribution in [0.5, 0.6) is 0 Å². The fourth-order valence-corrected chi connectivity index (χ4v) is 5.47. The molecule has 0 saturated carbocycles. The van der Waals surface area contributed by atoms with E-state index in [0.717, 1.165) is 12.8 Å². The molecule has 7 nitrogen and oxygen atoms in total. The van der Waals surface area contributed by atoms with E-state index in [0.29, 0.717) is 44.8 Å². The van der Waals surface area contributed by atoms with E-state index < -0.39 is 10.0 Å². The Balaban J connectivity index is 1.70. The van der Waals surface area contributed by atoms with Crippen molar-refractivity contribution in [3.05, 3.63) is 29.8 Å². The van der Waals surface area contributed by atoms with Crippen molar-refractivity contribution in [2.45, 2.75) is 37.6 Å². The second-order valence-electron chi connectivity index (χ2n) is 7.79. The van der Waals surface area contributed by atoms with Crippen molar-refractivity contribution in [3.8, 4) is 6.07 Å². The predicted octanol–water partition coefficient (Wildman–Crippen LogP) is 1.78. The molecule has 2 fully saturated rings. The first-order valence-corrected chi connectivity index (χ1v) is 11.3. The Morgan fingerprint density at radius 1 is 1.07 bits per heavy atom. The largest absolute Gasteiger partial charge is 0.336 e. The van der Waals surface area contributed by atoms with Crippen LogP contribution in [-0.2, 0) is 10.0 Å². The van der Waals surface area contributed by atoms with Crippen LogP contribution in [0.1, 0.15) is 37.0 Å². The highest BCUT2D eigenvalue weighted by molar-refractivity contribution is 7.89. The van der Waals surface area contributed by atoms with E-state index in [4.69, 9.17) is 0 Å². The summed E-state index contributed by atoms with van der Waals surface area (Å²) in [6.07, 6.45) is 1.75. The number of hydrogen-bond acceptors (Lipinski definition) is 5. The summed E-state index contributed by atoms with van der Waals surface area (Å²) in [7, 11) is -3.54. The average Bonchev–Trinajstić information content (AvgIpc) is 3.24. The quantitative estimate of drug-likeness (QED) is 0.747. The van der Waals surface area contributed by atoms with Crippen LogP contribution >= 0.6 is 0 Å². The van der Waals surface area contributed by atoms with Gasteiger partial charge in [0.2, 0.25) is 10.0 Å². The third-order valence-electron chi connectivity index (χ3n) is 5.54. The summed E-state index contributed by atoms with van der Waals surface area (Å²) in [5.74, 6) is 0.0795. The molecule has 8 heteroatoms. The standard InChI is InChI=1S/C20H28N4O3S/c1-16(2)19(15-21)22-10-12-23(13-11-22)20(25)17-6-5-7-18(14-17)28(26,27)24-8-3-4-9-24/h5-7,14,16,19H,3-4,8-13H2,1-2H3. The van der Waals surface area contributed by atoms with E-state index in [-0.39, 0.29) is 22.8 Å². The molecule has 1 amide bonds. The predicted molar refractivity (Wildman–Crippen MR) is 106 cm³/mol. The van der Waals surface area contributed by atoms with Crippen LogP contribution in [0.2, 0.25) is 0 Å². The van der Waals surface area contributed by atoms with E-state index in [1.165, 1.54) is 10.4 Å². The molecule has 3 rings (SSSR count). The topological polar surface area (TPSA) is 84.7 Å². The molecular formula is C20H28N4O3S. The summed E-state index contributed by atoms with van der Waals surface area (Å²) >= 11 is 0. The van der Waals surface area contributed by atoms with Crippen LogP contribution in [0.25, 0.3) is 0 Å². The number of carbonyl (C=O) groups excluding carboxylic acids is 1. The number of amides is 1. The van der Waals surface area contributed by atoms with Crippen molar-refractivity contribution >= 4 is 15.9 Å². The molecule has 152 valence electrons. The molecular weight excluding hydrogens is 376 g/mol. The van der Waals surface area contributed by atoms with Gasteiger partial charge in [-0.15, -0.1) is 0 Å². The van der Waals surface area contributed by atoms with Crippen LogP contribution in [-0.4, -0.2) is 73.7 Å². The number of rotatable bonds is 5. The summed E-state index contributed by atoms with van der Waals surface area (Å²) in [4.78, 5) is 17.0. The molecule has 1 unspecified atom stereocenters. The Bertz CT molecular complexity index is 848. The highest BCUT2D eigenvalue weighted by atomic mass is 32.2. The Kier molecular flexibility index (Phi) is 6.38. The van der Waals surface area contributed by atoms with Gasteiger partial charge in [0.1, 0.15) is 6.04 Å². The first kappa shape index (κ1) is 20.8. The van der Waals surface area contributed by atoms with Crippen molar-refractivity contribution in [1.82, 2.24) is 14.1 Å². The maximum Gasteiger partial charge on any atom is 0.253 e. The first-order chi connectivity index (χ1) is 13.3. The summed E-state index contributed by atoms with van der Waals surface area (Å²) < 4.78 is 27.0. The molecule has 0 radical (unpaired) electrons. The van der Waals surface area contributed by atoms with Crippen LogP contribution in [0.15, 0.2) is 29.2 Å². The molecule has 2 aliphatic heterocycles. The van der Waals surface area contributed by atoms with E-state index >= 15 is 0 Å². The number of sulfonamides is 1. The van der Waals surface area contributed by atoms with Crippen LogP contribution < -0.4 is 0 Å². The molecule has 2 saturated heterocycles. The van der Waals surface area contributed by atoms with Gasteiger partial charge in [-0.05, 0) is 37.0 Å². The van der Waals surface area contributed by atoms with Gasteiger partial charge in [-0.2, -0.15) is 9.57 Å². The van der Waals surface area contributed by atoms with Gasteiger partial charge in [0, 0.05) is 44.8 Å². The normalized spacial score (nSPS) is 20.3. The van der Waals surface area contributed by atoms with Gasteiger partial charge < -0.3 is 4.90 Å². The monoisotopic (exact) mass is 404 g/mol. The summed E-state index contributed by atoms with van der Waals surface area (Å²) in [5, 5.41) is 9.37. The number of nitrogens with zero attached hydrogens (tertiary/aromatic N) is 4. The summed E-state index contributed by atoms with van der Waals surface area (Å²) in [6.45, 7) is 7.49. The second kappa shape index (κ2) is 8.60. The molecule has 0 aromatic heterocycles. The van der Waals surface area contributed by atoms with E-state index in [2.05, 4.69) is 11.0 Å². The van der Waals surface area contributed by atoms with Crippen molar-refractivity contribution in [1.29, 1.82) is 5.26 Å². The minimum atomic E-state index is -3.54. The van der Waals surface area contributed by atoms with E-state index in [1.54, 1.807) is 23.1 Å². The third kappa shape index (κ3) is 4.22. The lowest BCUT2D eigenvalue weighted by atomic mass is 10.0. The summed E-state index contributed by atoms with van der Waals surface area (Å²) in [5.41, 5.74) is 0.398. The average molecular weight is 405 g/mol. The number of piperazine rings is 1. The molecule has 1 atom stereocenters. The van der Waals surface area contributed by atoms with Gasteiger partial charge in [-0.3, -0.25) is 9.69 Å². The molecule has 2 aliphatic rings. The van der Waals surface area contributed by atoms with Crippen LogP contribution in [0.4, 0.5) is 0 Å². The third-order valence-corrected chi connectivity index (χ3v) is 7.44. The Morgan fingerprint density at radius 3 is 2.29 bits per heavy atom. The fourth-order valence-electron chi connectivity index (χ4n) is 3.91. The highest BCUT2D eigenvalue weighted by Gasteiger charge is 2.30. The zero-order chi connectivity index (χ0) is 20.3. The number of benzene rings is 1. The molecule has 0 aliphatic carbocycles. The maximum atomic E-state index is 12.9. The van der Waals surface area contributed by atoms with Gasteiger partial charge >= 0.3 is 0 Å². The highest BCUT2D eigenvalue weighted by Crippen LogP contribution is 2.22. The molecule has 1 aromatic carbocycles. The fraction of sp³-hybridized carbons (Fsp3) is 0.600. The second-order valence-corrected chi connectivity index (χ2v) is 9.72. The lowest BCUT2D eigenvalue weighted by Crippen LogP contribution is -2.52. The Morgan fingerprint density at radius 2 is 1.71 bits per heavy atom. The van der Waals surface area contributed by atoms with Crippen molar-refractivity contribution in [3.63, 3.8) is 0 Å². The van der Waals surface area contributed by atoms with Crippen LogP contribution in [0, 0.1) is 17.2 Å². The van der Waals surface area contributed by atoms with E-state index in [1.807, 2.05) is 13.8 Å². The lowest BCUT2D eigenvalue weighted by molar-refractivity contribution is 0.0576. The number of carbonyl (C=O) groups is 1. The Labute approximate surface area is 167 Å². The SMILES string of the molecule is CC(C)C(C#N)N1CCN(C(=O)c2cccc(S(=O)(=O)N3CCCC3)c2)CC1. The van der Waals surface area contributed by atoms with Gasteiger partial charge in [0.15, 0.2) is 0 Å².